The summed E-state index contributed by atoms with van der Waals surface area (Å²) in [5, 5.41) is 0.0266. The molecule has 1 amide bonds. The Morgan fingerprint density at radius 3 is 2.18 bits per heavy atom. The van der Waals surface area contributed by atoms with Gasteiger partial charge in [0.25, 0.3) is 0 Å². The molecule has 114 valence electrons. The Labute approximate surface area is 127 Å². The van der Waals surface area contributed by atoms with Crippen LogP contribution < -0.4 is 5.30 Å². The van der Waals surface area contributed by atoms with E-state index < -0.39 is 7.60 Å². The summed E-state index contributed by atoms with van der Waals surface area (Å²) in [6.07, 6.45) is 1.72. The Morgan fingerprint density at radius 2 is 1.68 bits per heavy atom. The van der Waals surface area contributed by atoms with Gasteiger partial charge < -0.3 is 9.79 Å². The van der Waals surface area contributed by atoms with Gasteiger partial charge in [0.05, 0.1) is 5.30 Å². The van der Waals surface area contributed by atoms with Crippen molar-refractivity contribution in [3.63, 3.8) is 0 Å². The molecule has 7 heteroatoms. The van der Waals surface area contributed by atoms with Gasteiger partial charge in [0, 0.05) is 0 Å². The molecule has 2 heterocycles. The molecule has 0 fully saturated rings. The van der Waals surface area contributed by atoms with Crippen LogP contribution in [0.25, 0.3) is 0 Å². The summed E-state index contributed by atoms with van der Waals surface area (Å²) in [5.74, 6) is 0. The maximum Gasteiger partial charge on any atom is 0.508 e. The predicted molar refractivity (Wildman–Crippen MR) is 82.6 cm³/mol. The largest absolute Gasteiger partial charge is 0.508 e. The van der Waals surface area contributed by atoms with Gasteiger partial charge in [-0.05, 0) is 56.2 Å². The van der Waals surface area contributed by atoms with Crippen LogP contribution in [0, 0.1) is 20.8 Å². The van der Waals surface area contributed by atoms with Gasteiger partial charge in [0.2, 0.25) is 0 Å². The molecular weight excluding hydrogens is 303 g/mol. The molecule has 22 heavy (non-hydrogen) atoms. The second-order valence-electron chi connectivity index (χ2n) is 5.49. The quantitative estimate of drug-likeness (QED) is 0.655. The van der Waals surface area contributed by atoms with Crippen molar-refractivity contribution >= 4 is 30.8 Å². The van der Waals surface area contributed by atoms with E-state index in [1.54, 1.807) is 36.8 Å². The van der Waals surface area contributed by atoms with Crippen LogP contribution >= 0.6 is 7.60 Å². The van der Waals surface area contributed by atoms with E-state index in [0.29, 0.717) is 16.8 Å². The van der Waals surface area contributed by atoms with Crippen LogP contribution in [-0.4, -0.2) is 31.2 Å². The standard InChI is InChI=1S/C15H15N2O4P/c1-9-6-13(7-10(2)14(9)22(19,20)21)16-8-12-5-4-11(3)17(12)15(16)18/h4-8H,1-3H3,(H-,19,20,21)/p+1. The van der Waals surface area contributed by atoms with Gasteiger partial charge in [0.15, 0.2) is 5.69 Å². The minimum absolute atomic E-state index is 0.0266. The second kappa shape index (κ2) is 4.74. The van der Waals surface area contributed by atoms with Gasteiger partial charge in [-0.15, -0.1) is 0 Å². The lowest BCUT2D eigenvalue weighted by molar-refractivity contribution is -0.322. The second-order valence-corrected chi connectivity index (χ2v) is 7.02. The number of benzene rings is 1. The number of carbonyl (C=O) groups is 1. The van der Waals surface area contributed by atoms with Crippen LogP contribution in [0.3, 0.4) is 0 Å². The summed E-state index contributed by atoms with van der Waals surface area (Å²) in [7, 11) is -4.33. The molecule has 3 rings (SSSR count). The first-order valence-electron chi connectivity index (χ1n) is 6.74. The number of aryl methyl sites for hydroxylation is 3. The fraction of sp³-hybridized carbons (Fsp3) is 0.200. The minimum Gasteiger partial charge on any atom is -0.321 e. The van der Waals surface area contributed by atoms with Crippen LogP contribution in [-0.2, 0) is 4.57 Å². The van der Waals surface area contributed by atoms with E-state index in [0.717, 1.165) is 11.4 Å². The molecule has 2 aromatic rings. The van der Waals surface area contributed by atoms with E-state index in [9.17, 15) is 19.1 Å². The zero-order chi connectivity index (χ0) is 16.2. The first-order valence-corrected chi connectivity index (χ1v) is 8.35. The maximum atomic E-state index is 12.5. The normalized spacial score (nSPS) is 14.2. The van der Waals surface area contributed by atoms with Crippen LogP contribution in [0.1, 0.15) is 22.5 Å². The number of amides is 1. The van der Waals surface area contributed by atoms with Gasteiger partial charge in [-0.25, -0.2) is 0 Å². The van der Waals surface area contributed by atoms with Crippen molar-refractivity contribution in [2.24, 2.45) is 0 Å². The minimum atomic E-state index is -4.33. The molecule has 1 aliphatic rings. The Balaban J connectivity index is 2.13. The van der Waals surface area contributed by atoms with Crippen molar-refractivity contribution in [3.05, 3.63) is 46.8 Å². The Morgan fingerprint density at radius 1 is 1.09 bits per heavy atom. The number of nitrogens with zero attached hydrogens (tertiary/aromatic N) is 2. The molecule has 1 aromatic carbocycles. The lowest BCUT2D eigenvalue weighted by atomic mass is 10.1. The summed E-state index contributed by atoms with van der Waals surface area (Å²) in [6.45, 7) is 5.13. The summed E-state index contributed by atoms with van der Waals surface area (Å²) in [4.78, 5) is 31.3. The molecule has 6 nitrogen and oxygen atoms in total. The van der Waals surface area contributed by atoms with E-state index >= 15 is 0 Å². The summed E-state index contributed by atoms with van der Waals surface area (Å²) in [5.41, 5.74) is 3.17. The van der Waals surface area contributed by atoms with E-state index in [2.05, 4.69) is 0 Å². The fourth-order valence-electron chi connectivity index (χ4n) is 2.93. The number of carbonyl (C=O) groups excluding carboxylic acids is 1. The van der Waals surface area contributed by atoms with E-state index in [-0.39, 0.29) is 11.3 Å². The highest BCUT2D eigenvalue weighted by Gasteiger charge is 2.34. The molecule has 0 radical (unpaired) electrons. The molecule has 2 N–H and O–H groups in total. The topological polar surface area (TPSA) is 82.5 Å². The molecule has 0 saturated heterocycles. The van der Waals surface area contributed by atoms with Gasteiger partial charge in [-0.3, -0.25) is 4.57 Å². The van der Waals surface area contributed by atoms with Crippen molar-refractivity contribution in [1.82, 2.24) is 4.57 Å². The SMILES string of the molecule is Cc1cc([N+]2=Cc3ccc(C)n3C2=O)cc(C)c1P(=O)(O)O. The van der Waals surface area contributed by atoms with E-state index in [1.165, 1.54) is 4.58 Å². The fourth-order valence-corrected chi connectivity index (χ4v) is 3.98. The zero-order valence-corrected chi connectivity index (χ0v) is 13.3. The number of fused-ring (bicyclic) bond motifs is 1. The van der Waals surface area contributed by atoms with Crippen LogP contribution in [0.15, 0.2) is 24.3 Å². The van der Waals surface area contributed by atoms with Crippen LogP contribution in [0.2, 0.25) is 0 Å². The number of aromatic nitrogens is 1. The number of rotatable bonds is 2. The highest BCUT2D eigenvalue weighted by molar-refractivity contribution is 7.60. The van der Waals surface area contributed by atoms with Crippen LogP contribution in [0.4, 0.5) is 10.5 Å². The third-order valence-electron chi connectivity index (χ3n) is 3.81. The van der Waals surface area contributed by atoms with Gasteiger partial charge in [0.1, 0.15) is 17.6 Å². The third kappa shape index (κ3) is 2.16. The monoisotopic (exact) mass is 319 g/mol. The Hall–Kier alpha value is -2.01. The highest BCUT2D eigenvalue weighted by atomic mass is 31.2. The molecule has 0 bridgehead atoms. The van der Waals surface area contributed by atoms with Gasteiger partial charge in [-0.1, -0.05) is 0 Å². The molecule has 1 aliphatic heterocycles. The molecule has 0 atom stereocenters. The summed E-state index contributed by atoms with van der Waals surface area (Å²) in [6, 6.07) is 6.78. The lowest BCUT2D eigenvalue weighted by Crippen LogP contribution is -2.19. The van der Waals surface area contributed by atoms with Crippen LogP contribution in [0.5, 0.6) is 0 Å². The molecule has 1 aromatic heterocycles. The first-order chi connectivity index (χ1) is 10.2. The Kier molecular flexibility index (Phi) is 3.22. The lowest BCUT2D eigenvalue weighted by Gasteiger charge is -2.12. The summed E-state index contributed by atoms with van der Waals surface area (Å²) >= 11 is 0. The molecular formula is C15H16N2O4P+. The number of hydrogen-bond donors (Lipinski definition) is 2. The van der Waals surface area contributed by atoms with E-state index in [4.69, 9.17) is 0 Å². The first kappa shape index (κ1) is 14.9. The van der Waals surface area contributed by atoms with E-state index in [1.807, 2.05) is 19.1 Å². The van der Waals surface area contributed by atoms with Crippen molar-refractivity contribution < 1.29 is 23.7 Å². The summed E-state index contributed by atoms with van der Waals surface area (Å²) < 4.78 is 14.6. The average Bonchev–Trinajstić information content (AvgIpc) is 2.88. The van der Waals surface area contributed by atoms with Crippen molar-refractivity contribution in [2.75, 3.05) is 0 Å². The smallest absolute Gasteiger partial charge is 0.321 e. The molecule has 0 unspecified atom stereocenters. The van der Waals surface area contributed by atoms with Gasteiger partial charge in [-0.2, -0.15) is 13.9 Å². The zero-order valence-electron chi connectivity index (χ0n) is 12.4. The van der Waals surface area contributed by atoms with Crippen molar-refractivity contribution in [2.45, 2.75) is 20.8 Å². The molecule has 0 saturated carbocycles. The maximum absolute atomic E-state index is 12.5. The number of hydrogen-bond acceptors (Lipinski definition) is 2. The molecule has 0 spiro atoms. The third-order valence-corrected chi connectivity index (χ3v) is 5.10. The average molecular weight is 319 g/mol. The van der Waals surface area contributed by atoms with Gasteiger partial charge >= 0.3 is 13.6 Å². The van der Waals surface area contributed by atoms with Crippen molar-refractivity contribution in [3.8, 4) is 0 Å². The molecule has 0 aliphatic carbocycles. The van der Waals surface area contributed by atoms with Crippen molar-refractivity contribution in [1.29, 1.82) is 0 Å². The Bertz CT molecular complexity index is 866. The predicted octanol–water partition coefficient (Wildman–Crippen LogP) is 1.96. The highest BCUT2D eigenvalue weighted by Crippen LogP contribution is 2.37.